The summed E-state index contributed by atoms with van der Waals surface area (Å²) < 4.78 is 0. The smallest absolute Gasteiger partial charge is 0.336 e. The van der Waals surface area contributed by atoms with Crippen LogP contribution in [0.5, 0.6) is 0 Å². The molecule has 0 aliphatic heterocycles. The van der Waals surface area contributed by atoms with Gasteiger partial charge in [-0.05, 0) is 22.6 Å². The molecular weight excluding hydrogens is 240 g/mol. The molecule has 0 heterocycles. The van der Waals surface area contributed by atoms with Crippen LogP contribution in [0.4, 0.5) is 0 Å². The highest BCUT2D eigenvalue weighted by Crippen LogP contribution is 1.95. The Morgan fingerprint density at radius 3 is 1.44 bits per heavy atom. The lowest BCUT2D eigenvalue weighted by Crippen LogP contribution is -2.36. The van der Waals surface area contributed by atoms with Gasteiger partial charge in [-0.15, -0.1) is 0 Å². The van der Waals surface area contributed by atoms with Crippen molar-refractivity contribution >= 4 is 24.1 Å². The van der Waals surface area contributed by atoms with E-state index in [0.717, 1.165) is 12.1 Å². The first-order chi connectivity index (χ1) is 8.52. The number of carbonyl (C=O) groups is 2. The van der Waals surface area contributed by atoms with E-state index in [-0.39, 0.29) is 21.6 Å². The van der Waals surface area contributed by atoms with Gasteiger partial charge in [0.1, 0.15) is 0 Å². The highest BCUT2D eigenvalue weighted by atomic mass is 16.4. The highest BCUT2D eigenvalue weighted by molar-refractivity contribution is 5.92. The van der Waals surface area contributed by atoms with Crippen molar-refractivity contribution in [2.75, 3.05) is 13.2 Å². The Hall–Kier alpha value is -2.18. The second kappa shape index (κ2) is 5.95. The zero-order valence-corrected chi connectivity index (χ0v) is 9.33. The molecule has 0 amide bonds. The molecule has 1 aromatic carbocycles. The average Bonchev–Trinajstić information content (AvgIpc) is 2.30. The summed E-state index contributed by atoms with van der Waals surface area (Å²) in [6.45, 7) is -0.870. The van der Waals surface area contributed by atoms with Crippen molar-refractivity contribution in [3.63, 3.8) is 0 Å². The van der Waals surface area contributed by atoms with Crippen LogP contribution in [0.25, 0.3) is 12.2 Å². The Balaban J connectivity index is 3.84. The first kappa shape index (κ1) is 13.9. The normalized spacial score (nSPS) is 12.8. The minimum absolute atomic E-state index is 0.0824. The topological polar surface area (TPSA) is 115 Å². The Kier molecular flexibility index (Phi) is 4.59. The Morgan fingerprint density at radius 1 is 0.889 bits per heavy atom. The van der Waals surface area contributed by atoms with Crippen LogP contribution in [0.3, 0.4) is 0 Å². The van der Waals surface area contributed by atoms with Gasteiger partial charge < -0.3 is 20.4 Å². The van der Waals surface area contributed by atoms with E-state index >= 15 is 0 Å². The first-order valence-electron chi connectivity index (χ1n) is 5.04. The Labute approximate surface area is 102 Å². The second-order valence-corrected chi connectivity index (χ2v) is 3.37. The molecule has 0 aliphatic carbocycles. The third-order valence-electron chi connectivity index (χ3n) is 2.34. The van der Waals surface area contributed by atoms with Crippen molar-refractivity contribution in [3.8, 4) is 0 Å². The van der Waals surface area contributed by atoms with Crippen molar-refractivity contribution in [2.45, 2.75) is 0 Å². The fourth-order valence-electron chi connectivity index (χ4n) is 1.63. The predicted molar refractivity (Wildman–Crippen MR) is 62.7 cm³/mol. The van der Waals surface area contributed by atoms with E-state index in [0.29, 0.717) is 0 Å². The van der Waals surface area contributed by atoms with E-state index in [1.165, 1.54) is 12.2 Å². The molecule has 6 heteroatoms. The second-order valence-electron chi connectivity index (χ2n) is 3.37. The fourth-order valence-corrected chi connectivity index (χ4v) is 1.63. The number of hydrogen-bond donors (Lipinski definition) is 4. The van der Waals surface area contributed by atoms with Crippen molar-refractivity contribution in [3.05, 3.63) is 33.7 Å². The maximum Gasteiger partial charge on any atom is 0.336 e. The summed E-state index contributed by atoms with van der Waals surface area (Å²) in [7, 11) is 0. The lowest BCUT2D eigenvalue weighted by molar-refractivity contribution is 0.0679. The quantitative estimate of drug-likeness (QED) is 0.525. The molecule has 6 nitrogen and oxygen atoms in total. The monoisotopic (exact) mass is 252 g/mol. The predicted octanol–water partition coefficient (Wildman–Crippen LogP) is -1.37. The van der Waals surface area contributed by atoms with Gasteiger partial charge in [-0.25, -0.2) is 9.59 Å². The zero-order chi connectivity index (χ0) is 13.7. The van der Waals surface area contributed by atoms with E-state index in [2.05, 4.69) is 0 Å². The van der Waals surface area contributed by atoms with Crippen LogP contribution in [-0.4, -0.2) is 45.6 Å². The molecular formula is C12H12O6. The van der Waals surface area contributed by atoms with Gasteiger partial charge in [0.25, 0.3) is 0 Å². The SMILES string of the molecule is O=C(O)c1ccc(C(=O)O)c(=CCO)c1=CCO. The summed E-state index contributed by atoms with van der Waals surface area (Å²) in [5.74, 6) is -2.47. The van der Waals surface area contributed by atoms with Crippen molar-refractivity contribution in [1.82, 2.24) is 0 Å². The lowest BCUT2D eigenvalue weighted by atomic mass is 10.0. The van der Waals surface area contributed by atoms with E-state index in [1.807, 2.05) is 0 Å². The van der Waals surface area contributed by atoms with Gasteiger partial charge in [0.15, 0.2) is 0 Å². The summed E-state index contributed by atoms with van der Waals surface area (Å²) in [5.41, 5.74) is -0.262. The summed E-state index contributed by atoms with van der Waals surface area (Å²) in [4.78, 5) is 22.0. The number of carboxylic acids is 2. The third-order valence-corrected chi connectivity index (χ3v) is 2.34. The minimum Gasteiger partial charge on any atom is -0.478 e. The number of aliphatic hydroxyl groups is 2. The zero-order valence-electron chi connectivity index (χ0n) is 9.33. The molecule has 0 bridgehead atoms. The number of hydrogen-bond acceptors (Lipinski definition) is 4. The van der Waals surface area contributed by atoms with Gasteiger partial charge in [0.2, 0.25) is 0 Å². The van der Waals surface area contributed by atoms with Crippen LogP contribution < -0.4 is 10.4 Å². The van der Waals surface area contributed by atoms with E-state index in [9.17, 15) is 9.59 Å². The van der Waals surface area contributed by atoms with Gasteiger partial charge in [-0.1, -0.05) is 12.2 Å². The molecule has 0 saturated carbocycles. The van der Waals surface area contributed by atoms with Crippen LogP contribution in [-0.2, 0) is 0 Å². The molecule has 4 N–H and O–H groups in total. The minimum atomic E-state index is -1.24. The molecule has 18 heavy (non-hydrogen) atoms. The van der Waals surface area contributed by atoms with Crippen molar-refractivity contribution < 1.29 is 30.0 Å². The molecule has 0 aromatic heterocycles. The summed E-state index contributed by atoms with van der Waals surface area (Å²) in [5, 5.41) is 35.9. The van der Waals surface area contributed by atoms with E-state index < -0.39 is 25.2 Å². The van der Waals surface area contributed by atoms with E-state index in [1.54, 1.807) is 0 Å². The lowest BCUT2D eigenvalue weighted by Gasteiger charge is -2.02. The molecule has 1 rings (SSSR count). The standard InChI is InChI=1S/C12H12O6/c13-5-3-7-8(4-6-14)10(12(17)18)2-1-9(7)11(15)16/h1-4,13-14H,5-6H2,(H,15,16)(H,17,18). The van der Waals surface area contributed by atoms with Crippen LogP contribution in [0, 0.1) is 0 Å². The number of rotatable bonds is 4. The fraction of sp³-hybridized carbons (Fsp3) is 0.167. The van der Waals surface area contributed by atoms with Gasteiger partial charge in [-0.2, -0.15) is 0 Å². The molecule has 0 fully saturated rings. The Morgan fingerprint density at radius 2 is 1.22 bits per heavy atom. The molecule has 0 saturated heterocycles. The molecule has 96 valence electrons. The maximum atomic E-state index is 11.0. The number of aliphatic hydroxyl groups excluding tert-OH is 2. The molecule has 0 spiro atoms. The molecule has 0 radical (unpaired) electrons. The summed E-state index contributed by atoms with van der Waals surface area (Å²) in [6.07, 6.45) is 2.38. The summed E-state index contributed by atoms with van der Waals surface area (Å²) in [6, 6.07) is 2.31. The third kappa shape index (κ3) is 2.73. The average molecular weight is 252 g/mol. The van der Waals surface area contributed by atoms with Crippen LogP contribution in [0.1, 0.15) is 20.7 Å². The number of aromatic carboxylic acids is 2. The van der Waals surface area contributed by atoms with Crippen LogP contribution in [0.2, 0.25) is 0 Å². The molecule has 1 aromatic rings. The van der Waals surface area contributed by atoms with E-state index in [4.69, 9.17) is 20.4 Å². The largest absolute Gasteiger partial charge is 0.478 e. The highest BCUT2D eigenvalue weighted by Gasteiger charge is 2.12. The van der Waals surface area contributed by atoms with Gasteiger partial charge in [0.05, 0.1) is 24.3 Å². The maximum absolute atomic E-state index is 11.0. The Bertz CT molecular complexity index is 534. The number of carboxylic acid groups (broad SMARTS) is 2. The van der Waals surface area contributed by atoms with Crippen LogP contribution >= 0.6 is 0 Å². The van der Waals surface area contributed by atoms with Crippen molar-refractivity contribution in [1.29, 1.82) is 0 Å². The first-order valence-corrected chi connectivity index (χ1v) is 5.04. The molecule has 0 atom stereocenters. The summed E-state index contributed by atoms with van der Waals surface area (Å²) >= 11 is 0. The molecule has 0 aliphatic rings. The van der Waals surface area contributed by atoms with Crippen LogP contribution in [0.15, 0.2) is 12.1 Å². The number of benzene rings is 1. The van der Waals surface area contributed by atoms with Crippen molar-refractivity contribution in [2.24, 2.45) is 0 Å². The van der Waals surface area contributed by atoms with Gasteiger partial charge in [-0.3, -0.25) is 0 Å². The molecule has 0 unspecified atom stereocenters. The van der Waals surface area contributed by atoms with Gasteiger partial charge in [0, 0.05) is 0 Å². The van der Waals surface area contributed by atoms with Gasteiger partial charge >= 0.3 is 11.9 Å².